The van der Waals surface area contributed by atoms with Gasteiger partial charge in [0.05, 0.1) is 27.9 Å². The number of aromatic hydroxyl groups is 1. The van der Waals surface area contributed by atoms with Gasteiger partial charge in [0.2, 0.25) is 5.75 Å². The van der Waals surface area contributed by atoms with Crippen molar-refractivity contribution in [1.29, 1.82) is 0 Å². The highest BCUT2D eigenvalue weighted by molar-refractivity contribution is 6.15. The number of nitrogens with zero attached hydrogens (tertiary/aromatic N) is 1. The summed E-state index contributed by atoms with van der Waals surface area (Å²) in [6.45, 7) is 2.55. The van der Waals surface area contributed by atoms with Crippen molar-refractivity contribution in [3.05, 3.63) is 82.4 Å². The summed E-state index contributed by atoms with van der Waals surface area (Å²) >= 11 is 0. The van der Waals surface area contributed by atoms with Crippen molar-refractivity contribution in [3.8, 4) is 28.7 Å². The highest BCUT2D eigenvalue weighted by Crippen LogP contribution is 2.39. The topological polar surface area (TPSA) is 77.5 Å². The first-order valence-electron chi connectivity index (χ1n) is 14.2. The van der Waals surface area contributed by atoms with Crippen molar-refractivity contribution >= 4 is 11.9 Å². The molecular formula is C34H41NO6. The number of unbranched alkanes of at least 4 members (excludes halogenated alkanes) is 4. The van der Waals surface area contributed by atoms with Crippen LogP contribution in [0.1, 0.15) is 59.2 Å². The van der Waals surface area contributed by atoms with Crippen molar-refractivity contribution in [3.63, 3.8) is 0 Å². The van der Waals surface area contributed by atoms with Crippen LogP contribution in [-0.2, 0) is 13.0 Å². The predicted molar refractivity (Wildman–Crippen MR) is 162 cm³/mol. The molecule has 0 spiro atoms. The lowest BCUT2D eigenvalue weighted by Crippen LogP contribution is -2.18. The van der Waals surface area contributed by atoms with Gasteiger partial charge in [0.1, 0.15) is 11.5 Å². The molecular weight excluding hydrogens is 518 g/mol. The fourth-order valence-electron chi connectivity index (χ4n) is 5.24. The van der Waals surface area contributed by atoms with Crippen molar-refractivity contribution in [1.82, 2.24) is 4.90 Å². The Morgan fingerprint density at radius 2 is 1.61 bits per heavy atom. The van der Waals surface area contributed by atoms with Gasteiger partial charge in [0, 0.05) is 24.1 Å². The van der Waals surface area contributed by atoms with E-state index in [1.807, 2.05) is 54.6 Å². The second-order valence-corrected chi connectivity index (χ2v) is 10.5. The van der Waals surface area contributed by atoms with Gasteiger partial charge < -0.3 is 29.0 Å². The Balaban J connectivity index is 1.20. The average molecular weight is 560 g/mol. The van der Waals surface area contributed by atoms with Crippen LogP contribution in [0.25, 0.3) is 6.08 Å². The zero-order chi connectivity index (χ0) is 29.2. The smallest absolute Gasteiger partial charge is 0.203 e. The lowest BCUT2D eigenvalue weighted by atomic mass is 10.1. The van der Waals surface area contributed by atoms with Gasteiger partial charge in [-0.25, -0.2) is 0 Å². The number of phenolic OH excluding ortho intramolecular Hbond substituents is 1. The van der Waals surface area contributed by atoms with Crippen LogP contribution < -0.4 is 18.9 Å². The molecule has 0 saturated carbocycles. The maximum Gasteiger partial charge on any atom is 0.203 e. The number of methoxy groups -OCH3 is 3. The van der Waals surface area contributed by atoms with E-state index < -0.39 is 0 Å². The van der Waals surface area contributed by atoms with Gasteiger partial charge in [-0.3, -0.25) is 4.79 Å². The molecule has 3 aromatic rings. The van der Waals surface area contributed by atoms with Crippen LogP contribution >= 0.6 is 0 Å². The second kappa shape index (κ2) is 14.6. The lowest BCUT2D eigenvalue weighted by Gasteiger charge is -2.16. The summed E-state index contributed by atoms with van der Waals surface area (Å²) in [5, 5.41) is 9.62. The predicted octanol–water partition coefficient (Wildman–Crippen LogP) is 6.70. The first-order chi connectivity index (χ1) is 19.9. The largest absolute Gasteiger partial charge is 0.508 e. The van der Waals surface area contributed by atoms with Gasteiger partial charge in [-0.15, -0.1) is 0 Å². The van der Waals surface area contributed by atoms with E-state index in [2.05, 4.69) is 11.9 Å². The van der Waals surface area contributed by atoms with Gasteiger partial charge >= 0.3 is 0 Å². The number of fused-ring (bicyclic) bond motifs is 1. The fraction of sp³-hybridized carbons (Fsp3) is 0.382. The van der Waals surface area contributed by atoms with Gasteiger partial charge in [0.15, 0.2) is 17.3 Å². The van der Waals surface area contributed by atoms with E-state index in [1.165, 1.54) is 12.8 Å². The first-order valence-corrected chi connectivity index (χ1v) is 14.2. The van der Waals surface area contributed by atoms with Crippen LogP contribution in [0.3, 0.4) is 0 Å². The third kappa shape index (κ3) is 8.04. The molecule has 0 unspecified atom stereocenters. The highest BCUT2D eigenvalue weighted by Gasteiger charge is 2.25. The number of allylic oxidation sites excluding steroid dienone is 1. The normalized spacial score (nSPS) is 13.5. The van der Waals surface area contributed by atoms with Gasteiger partial charge in [-0.1, -0.05) is 31.4 Å². The SMILES string of the molecule is COc1cc(/C=C2\Cc3cc(OCCCCCCCN(C)Cc4cccc(O)c4)ccc3C2=O)cc(OC)c1OC. The molecule has 1 aliphatic carbocycles. The monoisotopic (exact) mass is 559 g/mol. The van der Waals surface area contributed by atoms with Crippen LogP contribution in [0.4, 0.5) is 0 Å². The molecule has 0 aliphatic heterocycles. The molecule has 4 rings (SSSR count). The Bertz CT molecular complexity index is 1340. The van der Waals surface area contributed by atoms with E-state index >= 15 is 0 Å². The summed E-state index contributed by atoms with van der Waals surface area (Å²) < 4.78 is 22.3. The number of ketones is 1. The number of ether oxygens (including phenoxy) is 4. The number of hydrogen-bond acceptors (Lipinski definition) is 7. The summed E-state index contributed by atoms with van der Waals surface area (Å²) in [4.78, 5) is 15.4. The fourth-order valence-corrected chi connectivity index (χ4v) is 5.24. The van der Waals surface area contributed by atoms with Crippen molar-refractivity contribution < 1.29 is 28.8 Å². The van der Waals surface area contributed by atoms with Gasteiger partial charge in [-0.05, 0) is 91.7 Å². The Labute approximate surface area is 243 Å². The zero-order valence-electron chi connectivity index (χ0n) is 24.6. The second-order valence-electron chi connectivity index (χ2n) is 10.5. The van der Waals surface area contributed by atoms with Crippen LogP contribution in [-0.4, -0.2) is 57.3 Å². The lowest BCUT2D eigenvalue weighted by molar-refractivity contribution is 0.104. The number of rotatable bonds is 15. The summed E-state index contributed by atoms with van der Waals surface area (Å²) in [7, 11) is 6.84. The summed E-state index contributed by atoms with van der Waals surface area (Å²) in [5.74, 6) is 2.78. The van der Waals surface area contributed by atoms with Crippen LogP contribution in [0, 0.1) is 0 Å². The van der Waals surface area contributed by atoms with Crippen molar-refractivity contribution in [2.45, 2.75) is 45.1 Å². The molecule has 218 valence electrons. The zero-order valence-corrected chi connectivity index (χ0v) is 24.6. The molecule has 7 nitrogen and oxygen atoms in total. The highest BCUT2D eigenvalue weighted by atomic mass is 16.5. The van der Waals surface area contributed by atoms with E-state index in [0.717, 1.165) is 65.9 Å². The van der Waals surface area contributed by atoms with E-state index in [1.54, 1.807) is 27.4 Å². The van der Waals surface area contributed by atoms with E-state index in [0.29, 0.717) is 36.0 Å². The molecule has 0 saturated heterocycles. The molecule has 3 aromatic carbocycles. The quantitative estimate of drug-likeness (QED) is 0.164. The molecule has 0 bridgehead atoms. The minimum absolute atomic E-state index is 0.0351. The van der Waals surface area contributed by atoms with E-state index in [9.17, 15) is 9.90 Å². The number of carbonyl (C=O) groups is 1. The molecule has 0 heterocycles. The van der Waals surface area contributed by atoms with Crippen molar-refractivity contribution in [2.75, 3.05) is 41.5 Å². The Kier molecular flexibility index (Phi) is 10.7. The molecule has 41 heavy (non-hydrogen) atoms. The summed E-state index contributed by atoms with van der Waals surface area (Å²) in [5.41, 5.74) is 4.38. The summed E-state index contributed by atoms with van der Waals surface area (Å²) in [6.07, 6.45) is 8.09. The number of hydrogen-bond donors (Lipinski definition) is 1. The molecule has 0 amide bonds. The Morgan fingerprint density at radius 1 is 0.878 bits per heavy atom. The molecule has 0 aromatic heterocycles. The average Bonchev–Trinajstić information content (AvgIpc) is 3.27. The molecule has 0 fully saturated rings. The van der Waals surface area contributed by atoms with Crippen LogP contribution in [0.5, 0.6) is 28.7 Å². The third-order valence-corrected chi connectivity index (χ3v) is 7.34. The number of phenols is 1. The molecule has 1 N–H and O–H groups in total. The molecule has 0 radical (unpaired) electrons. The minimum atomic E-state index is 0.0351. The molecule has 7 heteroatoms. The minimum Gasteiger partial charge on any atom is -0.508 e. The van der Waals surface area contributed by atoms with E-state index in [-0.39, 0.29) is 5.78 Å². The standard InChI is InChI=1S/C34H41NO6/c1-35(23-24-11-10-12-28(36)18-24)15-8-6-5-7-9-16-41-29-13-14-30-26(22-29)21-27(33(30)37)17-25-19-31(38-2)34(40-4)32(20-25)39-3/h10-14,17-20,22,36H,5-9,15-16,21,23H2,1-4H3/b27-17+. The maximum absolute atomic E-state index is 13.1. The van der Waals surface area contributed by atoms with Crippen molar-refractivity contribution in [2.24, 2.45) is 0 Å². The van der Waals surface area contributed by atoms with Crippen LogP contribution in [0.2, 0.25) is 0 Å². The Hall–Kier alpha value is -3.97. The van der Waals surface area contributed by atoms with Gasteiger partial charge in [0.25, 0.3) is 0 Å². The third-order valence-electron chi connectivity index (χ3n) is 7.34. The summed E-state index contributed by atoms with van der Waals surface area (Å²) in [6, 6.07) is 16.9. The molecule has 0 atom stereocenters. The van der Waals surface area contributed by atoms with Crippen LogP contribution in [0.15, 0.2) is 60.2 Å². The number of Topliss-reactive ketones (excluding diaryl/α,β-unsaturated/α-hetero) is 1. The maximum atomic E-state index is 13.1. The first kappa shape index (κ1) is 30.0. The Morgan fingerprint density at radius 3 is 2.32 bits per heavy atom. The molecule has 1 aliphatic rings. The van der Waals surface area contributed by atoms with E-state index in [4.69, 9.17) is 18.9 Å². The van der Waals surface area contributed by atoms with Gasteiger partial charge in [-0.2, -0.15) is 0 Å². The number of benzene rings is 3. The number of carbonyl (C=O) groups excluding carboxylic acids is 1.